The summed E-state index contributed by atoms with van der Waals surface area (Å²) >= 11 is 6.05. The molecule has 0 radical (unpaired) electrons. The first-order chi connectivity index (χ1) is 5.11. The molecule has 0 spiro atoms. The van der Waals surface area contributed by atoms with Gasteiger partial charge in [-0.3, -0.25) is 14.5 Å². The topological polar surface area (TPSA) is 63.4 Å². The third-order valence-electron chi connectivity index (χ3n) is 1.15. The molecule has 0 aromatic heterocycles. The number of hydrogen-bond acceptors (Lipinski definition) is 4. The second kappa shape index (κ2) is 3.19. The van der Waals surface area contributed by atoms with Crippen molar-refractivity contribution in [3.8, 4) is 0 Å². The number of amides is 2. The highest BCUT2D eigenvalue weighted by Gasteiger charge is 2.27. The van der Waals surface area contributed by atoms with Gasteiger partial charge in [0.2, 0.25) is 11.8 Å². The van der Waals surface area contributed by atoms with Gasteiger partial charge in [-0.2, -0.15) is 0 Å². The summed E-state index contributed by atoms with van der Waals surface area (Å²) in [6.45, 7) is -0.0926. The average molecular weight is 190 g/mol. The Bertz CT molecular complexity index is 213. The summed E-state index contributed by atoms with van der Waals surface area (Å²) in [4.78, 5) is 22.6. The summed E-state index contributed by atoms with van der Waals surface area (Å²) in [7, 11) is 0. The zero-order chi connectivity index (χ0) is 8.43. The molecule has 0 aromatic carbocycles. The van der Waals surface area contributed by atoms with Crippen molar-refractivity contribution >= 4 is 40.1 Å². The van der Waals surface area contributed by atoms with Gasteiger partial charge < -0.3 is 5.73 Å². The quantitative estimate of drug-likeness (QED) is 0.587. The predicted octanol–water partition coefficient (Wildman–Crippen LogP) is -0.668. The van der Waals surface area contributed by atoms with Crippen molar-refractivity contribution in [2.75, 3.05) is 12.3 Å². The van der Waals surface area contributed by atoms with E-state index in [1.807, 2.05) is 0 Å². The Labute approximate surface area is 73.1 Å². The highest BCUT2D eigenvalue weighted by molar-refractivity contribution is 8.23. The lowest BCUT2D eigenvalue weighted by atomic mass is 10.5. The fraction of sp³-hybridized carbons (Fsp3) is 0.400. The smallest absolute Gasteiger partial charge is 0.238 e. The monoisotopic (exact) mass is 190 g/mol. The van der Waals surface area contributed by atoms with Crippen LogP contribution in [0.1, 0.15) is 0 Å². The maximum absolute atomic E-state index is 10.9. The van der Waals surface area contributed by atoms with Crippen LogP contribution < -0.4 is 5.73 Å². The lowest BCUT2D eigenvalue weighted by Gasteiger charge is -2.10. The number of nitrogens with two attached hydrogens (primary N) is 1. The molecule has 1 saturated heterocycles. The standard InChI is InChI=1S/C5H6N2O2S2/c6-3(8)1-7-4(9)2-11-5(7)10/h1-2H2,(H2,6,8). The third kappa shape index (κ3) is 1.90. The maximum atomic E-state index is 10.9. The summed E-state index contributed by atoms with van der Waals surface area (Å²) in [6, 6.07) is 0. The van der Waals surface area contributed by atoms with Gasteiger partial charge in [0.15, 0.2) is 0 Å². The average Bonchev–Trinajstić information content (AvgIpc) is 2.18. The van der Waals surface area contributed by atoms with Crippen molar-refractivity contribution in [2.24, 2.45) is 5.73 Å². The molecule has 1 heterocycles. The van der Waals surface area contributed by atoms with Crippen molar-refractivity contribution in [3.05, 3.63) is 0 Å². The molecular weight excluding hydrogens is 184 g/mol. The van der Waals surface area contributed by atoms with Gasteiger partial charge in [-0.15, -0.1) is 0 Å². The van der Waals surface area contributed by atoms with Gasteiger partial charge in [0.25, 0.3) is 0 Å². The Morgan fingerprint density at radius 1 is 1.82 bits per heavy atom. The molecule has 0 aliphatic carbocycles. The van der Waals surface area contributed by atoms with Gasteiger partial charge in [-0.05, 0) is 0 Å². The first kappa shape index (κ1) is 8.48. The van der Waals surface area contributed by atoms with Crippen LogP contribution in [0.5, 0.6) is 0 Å². The van der Waals surface area contributed by atoms with Crippen LogP contribution in [0.2, 0.25) is 0 Å². The third-order valence-corrected chi connectivity index (χ3v) is 2.59. The van der Waals surface area contributed by atoms with Crippen molar-refractivity contribution in [3.63, 3.8) is 0 Å². The Balaban J connectivity index is 2.62. The van der Waals surface area contributed by atoms with E-state index in [-0.39, 0.29) is 12.5 Å². The molecule has 0 saturated carbocycles. The molecular formula is C5H6N2O2S2. The first-order valence-electron chi connectivity index (χ1n) is 2.86. The Morgan fingerprint density at radius 3 is 2.82 bits per heavy atom. The van der Waals surface area contributed by atoms with Crippen LogP contribution in [0, 0.1) is 0 Å². The normalized spacial score (nSPS) is 17.6. The van der Waals surface area contributed by atoms with Crippen LogP contribution in [-0.4, -0.2) is 33.3 Å². The number of carbonyl (C=O) groups is 2. The van der Waals surface area contributed by atoms with E-state index < -0.39 is 5.91 Å². The van der Waals surface area contributed by atoms with Crippen LogP contribution in [0.25, 0.3) is 0 Å². The van der Waals surface area contributed by atoms with Crippen LogP contribution in [0.4, 0.5) is 0 Å². The molecule has 1 aliphatic heterocycles. The number of thiocarbonyl (C=S) groups is 1. The maximum Gasteiger partial charge on any atom is 0.238 e. The molecule has 60 valence electrons. The van der Waals surface area contributed by atoms with E-state index in [2.05, 4.69) is 0 Å². The van der Waals surface area contributed by atoms with E-state index in [9.17, 15) is 9.59 Å². The number of rotatable bonds is 2. The molecule has 2 amide bonds. The molecule has 11 heavy (non-hydrogen) atoms. The van der Waals surface area contributed by atoms with Gasteiger partial charge in [0.1, 0.15) is 10.9 Å². The second-order valence-electron chi connectivity index (χ2n) is 2.00. The fourth-order valence-corrected chi connectivity index (χ4v) is 1.76. The number of primary amides is 1. The molecule has 6 heteroatoms. The van der Waals surface area contributed by atoms with Crippen molar-refractivity contribution in [1.29, 1.82) is 0 Å². The van der Waals surface area contributed by atoms with Crippen molar-refractivity contribution in [1.82, 2.24) is 4.90 Å². The molecule has 2 N–H and O–H groups in total. The number of nitrogens with zero attached hydrogens (tertiary/aromatic N) is 1. The highest BCUT2D eigenvalue weighted by atomic mass is 32.2. The van der Waals surface area contributed by atoms with E-state index >= 15 is 0 Å². The molecule has 1 aliphatic rings. The van der Waals surface area contributed by atoms with E-state index in [0.29, 0.717) is 10.1 Å². The van der Waals surface area contributed by atoms with Crippen LogP contribution in [-0.2, 0) is 9.59 Å². The summed E-state index contributed by atoms with van der Waals surface area (Å²) in [6.07, 6.45) is 0. The van der Waals surface area contributed by atoms with E-state index in [1.54, 1.807) is 0 Å². The van der Waals surface area contributed by atoms with Gasteiger partial charge >= 0.3 is 0 Å². The number of hydrogen-bond donors (Lipinski definition) is 1. The molecule has 4 nitrogen and oxygen atoms in total. The van der Waals surface area contributed by atoms with E-state index in [0.717, 1.165) is 0 Å². The van der Waals surface area contributed by atoms with E-state index in [4.69, 9.17) is 18.0 Å². The van der Waals surface area contributed by atoms with E-state index in [1.165, 1.54) is 16.7 Å². The minimum Gasteiger partial charge on any atom is -0.368 e. The van der Waals surface area contributed by atoms with Crippen LogP contribution in [0.3, 0.4) is 0 Å². The van der Waals surface area contributed by atoms with Crippen LogP contribution in [0.15, 0.2) is 0 Å². The largest absolute Gasteiger partial charge is 0.368 e. The van der Waals surface area contributed by atoms with Crippen molar-refractivity contribution in [2.45, 2.75) is 0 Å². The van der Waals surface area contributed by atoms with Crippen LogP contribution >= 0.6 is 24.0 Å². The minimum absolute atomic E-state index is 0.0926. The van der Waals surface area contributed by atoms with Gasteiger partial charge in [0.05, 0.1) is 5.75 Å². The van der Waals surface area contributed by atoms with Gasteiger partial charge in [0, 0.05) is 0 Å². The summed E-state index contributed by atoms with van der Waals surface area (Å²) < 4.78 is 0.439. The summed E-state index contributed by atoms with van der Waals surface area (Å²) in [5.74, 6) is -0.353. The molecule has 1 rings (SSSR count). The zero-order valence-corrected chi connectivity index (χ0v) is 7.20. The zero-order valence-electron chi connectivity index (χ0n) is 5.57. The molecule has 1 fully saturated rings. The van der Waals surface area contributed by atoms with Gasteiger partial charge in [-0.25, -0.2) is 0 Å². The SMILES string of the molecule is NC(=O)CN1C(=O)CSC1=S. The number of carbonyl (C=O) groups excluding carboxylic acids is 2. The Hall–Kier alpha value is -0.620. The number of thioether (sulfide) groups is 1. The Morgan fingerprint density at radius 2 is 2.45 bits per heavy atom. The molecule has 0 unspecified atom stereocenters. The highest BCUT2D eigenvalue weighted by Crippen LogP contribution is 2.18. The van der Waals surface area contributed by atoms with Crippen molar-refractivity contribution < 1.29 is 9.59 Å². The minimum atomic E-state index is -0.539. The summed E-state index contributed by atoms with van der Waals surface area (Å²) in [5.41, 5.74) is 4.89. The first-order valence-corrected chi connectivity index (χ1v) is 4.26. The molecule has 0 bridgehead atoms. The lowest BCUT2D eigenvalue weighted by molar-refractivity contribution is -0.128. The van der Waals surface area contributed by atoms with Gasteiger partial charge in [-0.1, -0.05) is 24.0 Å². The Kier molecular flexibility index (Phi) is 2.45. The summed E-state index contributed by atoms with van der Waals surface area (Å²) in [5, 5.41) is 0. The lowest BCUT2D eigenvalue weighted by Crippen LogP contribution is -2.36. The molecule has 0 aromatic rings. The molecule has 0 atom stereocenters. The fourth-order valence-electron chi connectivity index (χ4n) is 0.690. The second-order valence-corrected chi connectivity index (χ2v) is 3.61. The predicted molar refractivity (Wildman–Crippen MR) is 46.0 cm³/mol.